The maximum atomic E-state index is 11.9. The quantitative estimate of drug-likeness (QED) is 0.574. The van der Waals surface area contributed by atoms with Crippen LogP contribution in [0.3, 0.4) is 0 Å². The Hall–Kier alpha value is -1.60. The molecule has 2 rings (SSSR count). The summed E-state index contributed by atoms with van der Waals surface area (Å²) < 4.78 is 5.22. The molecule has 7 nitrogen and oxygen atoms in total. The molecule has 1 amide bonds. The Bertz CT molecular complexity index is 424. The lowest BCUT2D eigenvalue weighted by Crippen LogP contribution is -2.47. The summed E-state index contributed by atoms with van der Waals surface area (Å²) in [5.41, 5.74) is -0.182. The van der Waals surface area contributed by atoms with Gasteiger partial charge < -0.3 is 24.7 Å². The number of amides is 1. The molecule has 1 unspecified atom stereocenters. The van der Waals surface area contributed by atoms with Crippen molar-refractivity contribution in [2.24, 2.45) is 0 Å². The van der Waals surface area contributed by atoms with Crippen molar-refractivity contribution in [3.8, 4) is 0 Å². The number of H-pyrrole nitrogens is 2. The third kappa shape index (κ3) is 2.15. The van der Waals surface area contributed by atoms with Gasteiger partial charge in [0, 0.05) is 19.3 Å². The number of rotatable bonds is 2. The van der Waals surface area contributed by atoms with Crippen molar-refractivity contribution in [3.63, 3.8) is 0 Å². The number of aliphatic hydroxyl groups is 1. The second kappa shape index (κ2) is 4.50. The molecule has 16 heavy (non-hydrogen) atoms. The number of carbonyl (C=O) groups is 1. The average molecular weight is 227 g/mol. The monoisotopic (exact) mass is 227 g/mol. The second-order valence-corrected chi connectivity index (χ2v) is 3.58. The van der Waals surface area contributed by atoms with Crippen molar-refractivity contribution in [1.29, 1.82) is 0 Å². The summed E-state index contributed by atoms with van der Waals surface area (Å²) in [6, 6.07) is 0. The van der Waals surface area contributed by atoms with E-state index in [4.69, 9.17) is 9.84 Å². The van der Waals surface area contributed by atoms with Crippen molar-refractivity contribution in [1.82, 2.24) is 14.9 Å². The van der Waals surface area contributed by atoms with Crippen LogP contribution in [0.25, 0.3) is 0 Å². The van der Waals surface area contributed by atoms with Crippen molar-refractivity contribution < 1.29 is 14.6 Å². The van der Waals surface area contributed by atoms with Gasteiger partial charge in [-0.2, -0.15) is 0 Å². The summed E-state index contributed by atoms with van der Waals surface area (Å²) in [7, 11) is 0. The van der Waals surface area contributed by atoms with Gasteiger partial charge >= 0.3 is 5.69 Å². The molecule has 0 aromatic carbocycles. The molecule has 1 aliphatic rings. The zero-order valence-corrected chi connectivity index (χ0v) is 8.60. The molecule has 1 aromatic heterocycles. The van der Waals surface area contributed by atoms with Crippen LogP contribution >= 0.6 is 0 Å². The van der Waals surface area contributed by atoms with E-state index in [0.29, 0.717) is 19.7 Å². The van der Waals surface area contributed by atoms with Gasteiger partial charge in [0.25, 0.3) is 5.91 Å². The Morgan fingerprint density at radius 2 is 2.50 bits per heavy atom. The number of aromatic amines is 2. The number of imidazole rings is 1. The molecule has 0 spiro atoms. The summed E-state index contributed by atoms with van der Waals surface area (Å²) in [5, 5.41) is 8.94. The highest BCUT2D eigenvalue weighted by Gasteiger charge is 2.25. The van der Waals surface area contributed by atoms with E-state index in [9.17, 15) is 9.59 Å². The first-order valence-electron chi connectivity index (χ1n) is 5.00. The van der Waals surface area contributed by atoms with Crippen molar-refractivity contribution in [2.45, 2.75) is 6.10 Å². The van der Waals surface area contributed by atoms with E-state index in [1.807, 2.05) is 0 Å². The lowest BCUT2D eigenvalue weighted by Gasteiger charge is -2.31. The molecule has 88 valence electrons. The van der Waals surface area contributed by atoms with Gasteiger partial charge in [0.15, 0.2) is 0 Å². The van der Waals surface area contributed by atoms with Crippen LogP contribution in [0.4, 0.5) is 0 Å². The van der Waals surface area contributed by atoms with Crippen molar-refractivity contribution >= 4 is 5.91 Å². The molecule has 1 atom stereocenters. The summed E-state index contributed by atoms with van der Waals surface area (Å²) in [6.45, 7) is 1.07. The zero-order valence-electron chi connectivity index (χ0n) is 8.60. The predicted molar refractivity (Wildman–Crippen MR) is 54.1 cm³/mol. The van der Waals surface area contributed by atoms with Crippen LogP contribution in [0.5, 0.6) is 0 Å². The molecule has 1 aliphatic heterocycles. The highest BCUT2D eigenvalue weighted by Crippen LogP contribution is 2.07. The summed E-state index contributed by atoms with van der Waals surface area (Å²) in [4.78, 5) is 29.0. The van der Waals surface area contributed by atoms with E-state index in [2.05, 4.69) is 9.97 Å². The predicted octanol–water partition coefficient (Wildman–Crippen LogP) is -1.46. The number of morpholine rings is 1. The number of nitrogens with zero attached hydrogens (tertiary/aromatic N) is 1. The van der Waals surface area contributed by atoms with Crippen LogP contribution in [0.2, 0.25) is 0 Å². The molecule has 2 heterocycles. The highest BCUT2D eigenvalue weighted by atomic mass is 16.5. The van der Waals surface area contributed by atoms with Gasteiger partial charge in [0.2, 0.25) is 0 Å². The first-order valence-corrected chi connectivity index (χ1v) is 5.00. The number of aliphatic hydroxyl groups excluding tert-OH is 1. The molecular formula is C9H13N3O4. The van der Waals surface area contributed by atoms with E-state index < -0.39 is 5.69 Å². The maximum absolute atomic E-state index is 11.9. The molecular weight excluding hydrogens is 214 g/mol. The van der Waals surface area contributed by atoms with E-state index in [0.717, 1.165) is 0 Å². The van der Waals surface area contributed by atoms with Gasteiger partial charge in [-0.3, -0.25) is 4.79 Å². The minimum Gasteiger partial charge on any atom is -0.394 e. The first kappa shape index (κ1) is 10.9. The Morgan fingerprint density at radius 3 is 3.12 bits per heavy atom. The van der Waals surface area contributed by atoms with Crippen LogP contribution in [0.1, 0.15) is 10.5 Å². The fourth-order valence-corrected chi connectivity index (χ4v) is 1.63. The molecule has 0 saturated carbocycles. The topological polar surface area (TPSA) is 98.4 Å². The number of hydrogen-bond acceptors (Lipinski definition) is 4. The van der Waals surface area contributed by atoms with E-state index in [-0.39, 0.29) is 24.3 Å². The number of ether oxygens (including phenoxy) is 1. The zero-order chi connectivity index (χ0) is 11.5. The Morgan fingerprint density at radius 1 is 1.69 bits per heavy atom. The Kier molecular flexibility index (Phi) is 3.07. The normalized spacial score (nSPS) is 21.1. The molecule has 7 heteroatoms. The van der Waals surface area contributed by atoms with Gasteiger partial charge in [-0.05, 0) is 0 Å². The average Bonchev–Trinajstić information content (AvgIpc) is 2.75. The van der Waals surface area contributed by atoms with Gasteiger partial charge in [-0.25, -0.2) is 4.79 Å². The molecule has 1 aromatic rings. The third-order valence-corrected chi connectivity index (χ3v) is 2.46. The Labute approximate surface area is 91.0 Å². The molecule has 0 bridgehead atoms. The van der Waals surface area contributed by atoms with E-state index in [1.165, 1.54) is 6.20 Å². The molecule has 3 N–H and O–H groups in total. The van der Waals surface area contributed by atoms with Crippen LogP contribution in [0.15, 0.2) is 11.0 Å². The molecule has 1 saturated heterocycles. The number of carbonyl (C=O) groups excluding carboxylic acids is 1. The lowest BCUT2D eigenvalue weighted by atomic mass is 10.2. The minimum absolute atomic E-state index is 0.118. The molecule has 1 fully saturated rings. The van der Waals surface area contributed by atoms with Gasteiger partial charge in [-0.15, -0.1) is 0 Å². The second-order valence-electron chi connectivity index (χ2n) is 3.58. The number of aromatic nitrogens is 2. The van der Waals surface area contributed by atoms with Crippen molar-refractivity contribution in [3.05, 3.63) is 22.4 Å². The van der Waals surface area contributed by atoms with Crippen LogP contribution < -0.4 is 5.69 Å². The Balaban J connectivity index is 2.07. The molecule has 0 aliphatic carbocycles. The van der Waals surface area contributed by atoms with Gasteiger partial charge in [0.05, 0.1) is 19.3 Å². The lowest BCUT2D eigenvalue weighted by molar-refractivity contribution is -0.0448. The van der Waals surface area contributed by atoms with Crippen LogP contribution in [0, 0.1) is 0 Å². The standard InChI is InChI=1S/C9H13N3O4/c13-5-6-4-12(1-2-16-6)8(14)7-3-10-9(15)11-7/h3,6,13H,1-2,4-5H2,(H2,10,11,15). The smallest absolute Gasteiger partial charge is 0.323 e. The fraction of sp³-hybridized carbons (Fsp3) is 0.556. The highest BCUT2D eigenvalue weighted by molar-refractivity contribution is 5.92. The summed E-state index contributed by atoms with van der Waals surface area (Å²) in [6.07, 6.45) is 0.997. The van der Waals surface area contributed by atoms with Gasteiger partial charge in [-0.1, -0.05) is 0 Å². The fourth-order valence-electron chi connectivity index (χ4n) is 1.63. The van der Waals surface area contributed by atoms with E-state index >= 15 is 0 Å². The third-order valence-electron chi connectivity index (χ3n) is 2.46. The SMILES string of the molecule is O=C(c1c[nH]c(=O)[nH]1)N1CCOC(CO)C1. The van der Waals surface area contributed by atoms with Crippen LogP contribution in [-0.4, -0.2) is 58.3 Å². The summed E-state index contributed by atoms with van der Waals surface area (Å²) >= 11 is 0. The maximum Gasteiger partial charge on any atom is 0.323 e. The largest absolute Gasteiger partial charge is 0.394 e. The minimum atomic E-state index is -0.407. The molecule has 0 radical (unpaired) electrons. The van der Waals surface area contributed by atoms with Gasteiger partial charge in [0.1, 0.15) is 5.69 Å². The number of hydrogen-bond donors (Lipinski definition) is 3. The van der Waals surface area contributed by atoms with E-state index in [1.54, 1.807) is 4.90 Å². The van der Waals surface area contributed by atoms with Crippen molar-refractivity contribution in [2.75, 3.05) is 26.3 Å². The first-order chi connectivity index (χ1) is 7.70. The summed E-state index contributed by atoms with van der Waals surface area (Å²) in [5.74, 6) is -0.264. The van der Waals surface area contributed by atoms with Crippen LogP contribution in [-0.2, 0) is 4.74 Å². The number of nitrogens with one attached hydrogen (secondary N) is 2.